The molecule has 3 N–H and O–H groups in total. The maximum atomic E-state index is 9.99. The fraction of sp³-hybridized carbons (Fsp3) is 0.625. The first-order valence-corrected chi connectivity index (χ1v) is 4.09. The Morgan fingerprint density at radius 2 is 2.23 bits per heavy atom. The fourth-order valence-corrected chi connectivity index (χ4v) is 0.656. The van der Waals surface area contributed by atoms with Crippen molar-refractivity contribution in [1.29, 1.82) is 0 Å². The number of ether oxygens (including phenoxy) is 1. The molecule has 0 saturated carbocycles. The maximum absolute atomic E-state index is 9.99. The summed E-state index contributed by atoms with van der Waals surface area (Å²) in [6.07, 6.45) is 3.20. The van der Waals surface area contributed by atoms with E-state index in [9.17, 15) is 4.79 Å². The normalized spacial score (nSPS) is 10.5. The number of aliphatic hydroxyl groups excluding tert-OH is 1. The van der Waals surface area contributed by atoms with Crippen molar-refractivity contribution in [3.05, 3.63) is 12.3 Å². The number of rotatable bonds is 8. The smallest absolute Gasteiger partial charge is 0.329 e. The average Bonchev–Trinajstić information content (AvgIpc) is 2.09. The fourth-order valence-electron chi connectivity index (χ4n) is 0.656. The molecule has 0 spiro atoms. The second kappa shape index (κ2) is 9.02. The Bertz CT molecular complexity index is 158. The average molecular weight is 189 g/mol. The first-order chi connectivity index (χ1) is 6.27. The van der Waals surface area contributed by atoms with Crippen LogP contribution in [0.25, 0.3) is 0 Å². The Labute approximate surface area is 77.0 Å². The van der Waals surface area contributed by atoms with Gasteiger partial charge in [0.2, 0.25) is 0 Å². The largest absolute Gasteiger partial charge is 0.478 e. The molecule has 0 aliphatic rings. The molecule has 0 aromatic rings. The van der Waals surface area contributed by atoms with Gasteiger partial charge in [0.25, 0.3) is 0 Å². The lowest BCUT2D eigenvalue weighted by Gasteiger charge is -2.01. The number of hydrogen-bond acceptors (Lipinski definition) is 4. The predicted octanol–water partition coefficient (Wildman–Crippen LogP) is -0.427. The van der Waals surface area contributed by atoms with Gasteiger partial charge in [0.1, 0.15) is 0 Å². The standard InChI is InChI=1S/C8H15NO4/c10-5-7-13-6-1-3-9-4-2-8(11)12/h2,4,9-10H,1,3,5-7H2,(H,11,12)/b4-2+. The van der Waals surface area contributed by atoms with Crippen LogP contribution in [0.5, 0.6) is 0 Å². The minimum absolute atomic E-state index is 0.0341. The number of carboxylic acids is 1. The molecule has 0 unspecified atom stereocenters. The van der Waals surface area contributed by atoms with Gasteiger partial charge in [0.05, 0.1) is 13.2 Å². The van der Waals surface area contributed by atoms with E-state index in [1.807, 2.05) is 0 Å². The van der Waals surface area contributed by atoms with Crippen molar-refractivity contribution >= 4 is 5.97 Å². The molecule has 0 aliphatic heterocycles. The van der Waals surface area contributed by atoms with E-state index in [4.69, 9.17) is 14.9 Å². The Kier molecular flexibility index (Phi) is 8.28. The molecule has 0 saturated heterocycles. The number of aliphatic carboxylic acids is 1. The van der Waals surface area contributed by atoms with Gasteiger partial charge >= 0.3 is 5.97 Å². The summed E-state index contributed by atoms with van der Waals surface area (Å²) in [6.45, 7) is 1.61. The highest BCUT2D eigenvalue weighted by Gasteiger charge is 1.87. The lowest BCUT2D eigenvalue weighted by Crippen LogP contribution is -2.11. The molecule has 0 amide bonds. The predicted molar refractivity (Wildman–Crippen MR) is 47.3 cm³/mol. The minimum Gasteiger partial charge on any atom is -0.478 e. The van der Waals surface area contributed by atoms with Crippen molar-refractivity contribution < 1.29 is 19.7 Å². The van der Waals surface area contributed by atoms with Gasteiger partial charge in [-0.1, -0.05) is 0 Å². The zero-order valence-corrected chi connectivity index (χ0v) is 7.40. The van der Waals surface area contributed by atoms with Crippen molar-refractivity contribution in [3.8, 4) is 0 Å². The van der Waals surface area contributed by atoms with E-state index in [0.717, 1.165) is 12.5 Å². The molecule has 0 atom stereocenters. The zero-order valence-electron chi connectivity index (χ0n) is 7.40. The molecular weight excluding hydrogens is 174 g/mol. The van der Waals surface area contributed by atoms with Gasteiger partial charge in [-0.2, -0.15) is 0 Å². The van der Waals surface area contributed by atoms with Gasteiger partial charge in [-0.3, -0.25) is 0 Å². The second-order valence-corrected chi connectivity index (χ2v) is 2.32. The molecule has 0 radical (unpaired) electrons. The summed E-state index contributed by atoms with van der Waals surface area (Å²) in [5, 5.41) is 19.3. The molecule has 0 aliphatic carbocycles. The van der Waals surface area contributed by atoms with Crippen LogP contribution in [0.3, 0.4) is 0 Å². The number of aliphatic hydroxyl groups is 1. The van der Waals surface area contributed by atoms with Crippen molar-refractivity contribution in [2.45, 2.75) is 6.42 Å². The van der Waals surface area contributed by atoms with E-state index in [-0.39, 0.29) is 6.61 Å². The van der Waals surface area contributed by atoms with E-state index in [0.29, 0.717) is 19.8 Å². The Hall–Kier alpha value is -1.07. The van der Waals surface area contributed by atoms with E-state index >= 15 is 0 Å². The Balaban J connectivity index is 3.03. The molecule has 13 heavy (non-hydrogen) atoms. The quantitative estimate of drug-likeness (QED) is 0.357. The topological polar surface area (TPSA) is 78.8 Å². The third-order valence-electron chi connectivity index (χ3n) is 1.19. The molecule has 0 heterocycles. The van der Waals surface area contributed by atoms with Crippen LogP contribution in [-0.2, 0) is 9.53 Å². The van der Waals surface area contributed by atoms with Crippen molar-refractivity contribution in [1.82, 2.24) is 5.32 Å². The third-order valence-corrected chi connectivity index (χ3v) is 1.19. The molecule has 5 heteroatoms. The first-order valence-electron chi connectivity index (χ1n) is 4.09. The summed E-state index contributed by atoms with van der Waals surface area (Å²) in [4.78, 5) is 9.99. The lowest BCUT2D eigenvalue weighted by atomic mass is 10.4. The Morgan fingerprint density at radius 3 is 2.85 bits per heavy atom. The van der Waals surface area contributed by atoms with Gasteiger partial charge in [-0.05, 0) is 6.42 Å². The van der Waals surface area contributed by atoms with Gasteiger partial charge in [0, 0.05) is 25.4 Å². The van der Waals surface area contributed by atoms with E-state index in [2.05, 4.69) is 5.32 Å². The number of hydrogen-bond donors (Lipinski definition) is 3. The molecule has 0 bridgehead atoms. The van der Waals surface area contributed by atoms with Crippen LogP contribution in [-0.4, -0.2) is 42.5 Å². The molecule has 0 aromatic heterocycles. The summed E-state index contributed by atoms with van der Waals surface area (Å²) in [6, 6.07) is 0. The van der Waals surface area contributed by atoms with Crippen LogP contribution in [0, 0.1) is 0 Å². The van der Waals surface area contributed by atoms with Crippen LogP contribution in [0.1, 0.15) is 6.42 Å². The van der Waals surface area contributed by atoms with E-state index < -0.39 is 5.97 Å². The maximum Gasteiger partial charge on any atom is 0.329 e. The SMILES string of the molecule is O=C(O)/C=C/NCCCOCCO. The second-order valence-electron chi connectivity index (χ2n) is 2.32. The molecular formula is C8H15NO4. The number of carboxylic acid groups (broad SMARTS) is 1. The zero-order chi connectivity index (χ0) is 9.94. The lowest BCUT2D eigenvalue weighted by molar-refractivity contribution is -0.131. The molecule has 76 valence electrons. The van der Waals surface area contributed by atoms with Crippen LogP contribution in [0.4, 0.5) is 0 Å². The summed E-state index contributed by atoms with van der Waals surface area (Å²) in [7, 11) is 0. The summed E-state index contributed by atoms with van der Waals surface area (Å²) < 4.78 is 4.98. The summed E-state index contributed by atoms with van der Waals surface area (Å²) >= 11 is 0. The molecule has 0 fully saturated rings. The highest BCUT2D eigenvalue weighted by atomic mass is 16.5. The summed E-state index contributed by atoms with van der Waals surface area (Å²) in [5.41, 5.74) is 0. The Morgan fingerprint density at radius 1 is 1.46 bits per heavy atom. The van der Waals surface area contributed by atoms with Crippen LogP contribution in [0.2, 0.25) is 0 Å². The summed E-state index contributed by atoms with van der Waals surface area (Å²) in [5.74, 6) is -0.968. The molecule has 0 aromatic carbocycles. The third kappa shape index (κ3) is 10.9. The van der Waals surface area contributed by atoms with Gasteiger partial charge in [0.15, 0.2) is 0 Å². The number of nitrogens with one attached hydrogen (secondary N) is 1. The molecule has 0 rings (SSSR count). The van der Waals surface area contributed by atoms with Crippen molar-refractivity contribution in [2.24, 2.45) is 0 Å². The minimum atomic E-state index is -0.968. The van der Waals surface area contributed by atoms with Crippen molar-refractivity contribution in [3.63, 3.8) is 0 Å². The van der Waals surface area contributed by atoms with Gasteiger partial charge < -0.3 is 20.3 Å². The highest BCUT2D eigenvalue weighted by molar-refractivity contribution is 5.79. The van der Waals surface area contributed by atoms with E-state index in [1.165, 1.54) is 6.20 Å². The van der Waals surface area contributed by atoms with Crippen LogP contribution >= 0.6 is 0 Å². The number of carbonyl (C=O) groups is 1. The van der Waals surface area contributed by atoms with Crippen LogP contribution in [0.15, 0.2) is 12.3 Å². The van der Waals surface area contributed by atoms with E-state index in [1.54, 1.807) is 0 Å². The molecule has 5 nitrogen and oxygen atoms in total. The van der Waals surface area contributed by atoms with Crippen molar-refractivity contribution in [2.75, 3.05) is 26.4 Å². The monoisotopic (exact) mass is 189 g/mol. The highest BCUT2D eigenvalue weighted by Crippen LogP contribution is 1.80. The van der Waals surface area contributed by atoms with Gasteiger partial charge in [-0.25, -0.2) is 4.79 Å². The first kappa shape index (κ1) is 11.9. The van der Waals surface area contributed by atoms with Crippen LogP contribution < -0.4 is 5.32 Å². The van der Waals surface area contributed by atoms with Gasteiger partial charge in [-0.15, -0.1) is 0 Å².